The van der Waals surface area contributed by atoms with Crippen molar-refractivity contribution in [1.82, 2.24) is 4.98 Å². The quantitative estimate of drug-likeness (QED) is 0.691. The molecule has 3 N–H and O–H groups in total. The van der Waals surface area contributed by atoms with Crippen molar-refractivity contribution in [3.8, 4) is 0 Å². The van der Waals surface area contributed by atoms with Crippen molar-refractivity contribution in [2.75, 3.05) is 10.6 Å². The number of nitrogens with zero attached hydrogens (tertiary/aromatic N) is 1. The zero-order valence-corrected chi connectivity index (χ0v) is 9.65. The number of carboxylic acid groups (broad SMARTS) is 1. The van der Waals surface area contributed by atoms with Crippen LogP contribution in [0.5, 0.6) is 0 Å². The van der Waals surface area contributed by atoms with Gasteiger partial charge in [0.1, 0.15) is 11.2 Å². The van der Waals surface area contributed by atoms with Crippen LogP contribution in [-0.2, 0) is 9.59 Å². The molecule has 17 heavy (non-hydrogen) atoms. The Morgan fingerprint density at radius 3 is 2.94 bits per heavy atom. The van der Waals surface area contributed by atoms with Gasteiger partial charge in [-0.25, -0.2) is 4.98 Å². The molecular weight excluding hydrogens is 246 g/mol. The molecular formula is C10H10ClN3O3. The molecule has 0 spiro atoms. The lowest BCUT2D eigenvalue weighted by molar-refractivity contribution is -0.143. The fourth-order valence-corrected chi connectivity index (χ4v) is 1.71. The Morgan fingerprint density at radius 1 is 1.59 bits per heavy atom. The van der Waals surface area contributed by atoms with E-state index < -0.39 is 23.8 Å². The van der Waals surface area contributed by atoms with Gasteiger partial charge in [-0.15, -0.1) is 0 Å². The first-order valence-electron chi connectivity index (χ1n) is 4.96. The normalized spacial score (nSPS) is 19.9. The largest absolute Gasteiger partial charge is 0.481 e. The molecule has 2 rings (SSSR count). The van der Waals surface area contributed by atoms with Gasteiger partial charge in [-0.1, -0.05) is 11.6 Å². The smallest absolute Gasteiger partial charge is 0.308 e. The number of aromatic nitrogens is 1. The van der Waals surface area contributed by atoms with Gasteiger partial charge in [0, 0.05) is 0 Å². The maximum absolute atomic E-state index is 11.7. The third-order valence-corrected chi connectivity index (χ3v) is 2.79. The summed E-state index contributed by atoms with van der Waals surface area (Å²) in [6.07, 6.45) is 0. The van der Waals surface area contributed by atoms with Crippen molar-refractivity contribution in [1.29, 1.82) is 0 Å². The SMILES string of the molecule is CC(C(=O)O)C1Nc2nc(Cl)ccc2NC1=O. The van der Waals surface area contributed by atoms with Crippen LogP contribution in [0.3, 0.4) is 0 Å². The van der Waals surface area contributed by atoms with Gasteiger partial charge in [0.05, 0.1) is 11.6 Å². The van der Waals surface area contributed by atoms with E-state index in [1.165, 1.54) is 6.92 Å². The molecule has 90 valence electrons. The maximum atomic E-state index is 11.7. The topological polar surface area (TPSA) is 91.3 Å². The second-order valence-electron chi connectivity index (χ2n) is 3.77. The third kappa shape index (κ3) is 2.16. The summed E-state index contributed by atoms with van der Waals surface area (Å²) in [6, 6.07) is 2.30. The van der Waals surface area contributed by atoms with Crippen LogP contribution in [0, 0.1) is 5.92 Å². The first-order chi connectivity index (χ1) is 7.99. The number of carbonyl (C=O) groups is 2. The van der Waals surface area contributed by atoms with Crippen molar-refractivity contribution in [3.05, 3.63) is 17.3 Å². The van der Waals surface area contributed by atoms with Crippen LogP contribution in [0.2, 0.25) is 5.15 Å². The Bertz CT molecular complexity index is 492. The number of halogens is 1. The molecule has 2 heterocycles. The second-order valence-corrected chi connectivity index (χ2v) is 4.16. The summed E-state index contributed by atoms with van der Waals surface area (Å²) < 4.78 is 0. The Hall–Kier alpha value is -1.82. The van der Waals surface area contributed by atoms with Crippen LogP contribution in [0.25, 0.3) is 0 Å². The second kappa shape index (κ2) is 4.21. The van der Waals surface area contributed by atoms with Gasteiger partial charge in [-0.3, -0.25) is 9.59 Å². The molecule has 0 fully saturated rings. The molecule has 0 radical (unpaired) electrons. The third-order valence-electron chi connectivity index (χ3n) is 2.58. The number of amides is 1. The van der Waals surface area contributed by atoms with Crippen molar-refractivity contribution >= 4 is 35.0 Å². The van der Waals surface area contributed by atoms with Crippen molar-refractivity contribution in [2.45, 2.75) is 13.0 Å². The monoisotopic (exact) mass is 255 g/mol. The number of anilines is 2. The zero-order valence-electron chi connectivity index (χ0n) is 8.90. The van der Waals surface area contributed by atoms with E-state index in [4.69, 9.17) is 16.7 Å². The average Bonchev–Trinajstić information content (AvgIpc) is 2.27. The molecule has 0 bridgehead atoms. The molecule has 0 saturated heterocycles. The van der Waals surface area contributed by atoms with Gasteiger partial charge in [0.15, 0.2) is 5.82 Å². The number of carboxylic acids is 1. The van der Waals surface area contributed by atoms with E-state index in [-0.39, 0.29) is 5.15 Å². The van der Waals surface area contributed by atoms with Crippen LogP contribution in [0.1, 0.15) is 6.92 Å². The molecule has 6 nitrogen and oxygen atoms in total. The summed E-state index contributed by atoms with van der Waals surface area (Å²) in [4.78, 5) is 26.5. The van der Waals surface area contributed by atoms with Gasteiger partial charge in [-0.05, 0) is 19.1 Å². The highest BCUT2D eigenvalue weighted by molar-refractivity contribution is 6.29. The molecule has 1 amide bonds. The number of hydrogen-bond donors (Lipinski definition) is 3. The van der Waals surface area contributed by atoms with Crippen molar-refractivity contribution in [2.24, 2.45) is 5.92 Å². The summed E-state index contributed by atoms with van der Waals surface area (Å²) in [5.74, 6) is -1.92. The van der Waals surface area contributed by atoms with Gasteiger partial charge in [-0.2, -0.15) is 0 Å². The Kier molecular flexibility index (Phi) is 2.89. The van der Waals surface area contributed by atoms with E-state index in [9.17, 15) is 9.59 Å². The van der Waals surface area contributed by atoms with E-state index in [0.717, 1.165) is 0 Å². The number of fused-ring (bicyclic) bond motifs is 1. The summed E-state index contributed by atoms with van der Waals surface area (Å²) in [7, 11) is 0. The summed E-state index contributed by atoms with van der Waals surface area (Å²) in [5.41, 5.74) is 0.494. The number of carbonyl (C=O) groups excluding carboxylic acids is 1. The fourth-order valence-electron chi connectivity index (χ4n) is 1.56. The number of pyridine rings is 1. The van der Waals surface area contributed by atoms with Crippen molar-refractivity contribution < 1.29 is 14.7 Å². The lowest BCUT2D eigenvalue weighted by atomic mass is 9.99. The Balaban J connectivity index is 2.31. The predicted octanol–water partition coefficient (Wildman–Crippen LogP) is 1.19. The molecule has 0 aliphatic carbocycles. The van der Waals surface area contributed by atoms with E-state index in [1.54, 1.807) is 12.1 Å². The molecule has 1 aliphatic heterocycles. The highest BCUT2D eigenvalue weighted by atomic mass is 35.5. The number of hydrogen-bond acceptors (Lipinski definition) is 4. The van der Waals surface area contributed by atoms with E-state index in [2.05, 4.69) is 15.6 Å². The summed E-state index contributed by atoms with van der Waals surface area (Å²) >= 11 is 5.72. The van der Waals surface area contributed by atoms with Crippen LogP contribution in [0.15, 0.2) is 12.1 Å². The minimum atomic E-state index is -1.05. The first-order valence-corrected chi connectivity index (χ1v) is 5.33. The lowest BCUT2D eigenvalue weighted by Crippen LogP contribution is -2.46. The standard InChI is InChI=1S/C10H10ClN3O3/c1-4(10(16)17)7-9(15)12-5-2-3-6(11)13-8(5)14-7/h2-4,7H,1H3,(H,12,15)(H,13,14)(H,16,17). The van der Waals surface area contributed by atoms with E-state index in [1.807, 2.05) is 0 Å². The molecule has 0 aromatic carbocycles. The predicted molar refractivity (Wildman–Crippen MR) is 62.1 cm³/mol. The number of aliphatic carboxylic acids is 1. The molecule has 2 atom stereocenters. The highest BCUT2D eigenvalue weighted by Gasteiger charge is 2.34. The molecule has 1 aromatic heterocycles. The Morgan fingerprint density at radius 2 is 2.29 bits per heavy atom. The molecule has 1 aromatic rings. The maximum Gasteiger partial charge on any atom is 0.308 e. The lowest BCUT2D eigenvalue weighted by Gasteiger charge is -2.28. The minimum Gasteiger partial charge on any atom is -0.481 e. The fraction of sp³-hybridized carbons (Fsp3) is 0.300. The van der Waals surface area contributed by atoms with E-state index >= 15 is 0 Å². The summed E-state index contributed by atoms with van der Waals surface area (Å²) in [6.45, 7) is 1.45. The summed E-state index contributed by atoms with van der Waals surface area (Å²) in [5, 5.41) is 14.5. The van der Waals surface area contributed by atoms with Gasteiger partial charge in [0.2, 0.25) is 5.91 Å². The van der Waals surface area contributed by atoms with Gasteiger partial charge >= 0.3 is 5.97 Å². The van der Waals surface area contributed by atoms with Gasteiger partial charge < -0.3 is 15.7 Å². The number of rotatable bonds is 2. The molecule has 0 saturated carbocycles. The molecule has 2 unspecified atom stereocenters. The average molecular weight is 256 g/mol. The molecule has 1 aliphatic rings. The van der Waals surface area contributed by atoms with Crippen molar-refractivity contribution in [3.63, 3.8) is 0 Å². The van der Waals surface area contributed by atoms with Crippen LogP contribution < -0.4 is 10.6 Å². The first kappa shape index (κ1) is 11.7. The van der Waals surface area contributed by atoms with E-state index in [0.29, 0.717) is 11.5 Å². The highest BCUT2D eigenvalue weighted by Crippen LogP contribution is 2.28. The zero-order chi connectivity index (χ0) is 12.6. The molecule has 7 heteroatoms. The van der Waals surface area contributed by atoms with Gasteiger partial charge in [0.25, 0.3) is 0 Å². The van der Waals surface area contributed by atoms with Crippen LogP contribution in [0.4, 0.5) is 11.5 Å². The van der Waals surface area contributed by atoms with Crippen LogP contribution >= 0.6 is 11.6 Å². The Labute approximate surface area is 102 Å². The number of nitrogens with one attached hydrogen (secondary N) is 2. The van der Waals surface area contributed by atoms with Crippen LogP contribution in [-0.4, -0.2) is 28.0 Å². The minimum absolute atomic E-state index is 0.272.